The maximum Gasteiger partial charge on any atom is 0.410 e. The van der Waals surface area contributed by atoms with Crippen molar-refractivity contribution in [3.8, 4) is 0 Å². The minimum Gasteiger partial charge on any atom is -0.480 e. The Morgan fingerprint density at radius 3 is 2.28 bits per heavy atom. The zero-order valence-corrected chi connectivity index (χ0v) is 19.5. The number of nitrogens with two attached hydrogens (primary N) is 1. The molecule has 32 heavy (non-hydrogen) atoms. The van der Waals surface area contributed by atoms with Crippen LogP contribution in [-0.2, 0) is 25.5 Å². The Bertz CT molecular complexity index is 781. The van der Waals surface area contributed by atoms with Crippen LogP contribution in [0.4, 0.5) is 4.79 Å². The standard InChI is InChI=1S/C24H36N2O6/c1-17(14-19(25)21(28)29)15-20(27)31-24(16-18-8-6-5-7-9-18)10-12-26(13-11-24)22(30)32-23(2,3)4/h5-9,17,19H,10-16,25H2,1-4H3,(H,28,29)/t17?,19-/m0/s1. The molecule has 2 atom stereocenters. The van der Waals surface area contributed by atoms with E-state index in [1.165, 1.54) is 0 Å². The molecule has 0 aliphatic carbocycles. The third-order valence-corrected chi connectivity index (χ3v) is 5.51. The summed E-state index contributed by atoms with van der Waals surface area (Å²) in [4.78, 5) is 37.8. The number of benzene rings is 1. The normalized spacial score (nSPS) is 17.8. The van der Waals surface area contributed by atoms with Gasteiger partial charge >= 0.3 is 18.0 Å². The van der Waals surface area contributed by atoms with Crippen molar-refractivity contribution in [3.63, 3.8) is 0 Å². The number of esters is 1. The minimum absolute atomic E-state index is 0.0906. The van der Waals surface area contributed by atoms with Crippen molar-refractivity contribution in [2.24, 2.45) is 11.7 Å². The third-order valence-electron chi connectivity index (χ3n) is 5.51. The molecule has 1 aromatic rings. The number of hydrogen-bond acceptors (Lipinski definition) is 6. The monoisotopic (exact) mass is 448 g/mol. The first-order valence-corrected chi connectivity index (χ1v) is 11.1. The van der Waals surface area contributed by atoms with Crippen molar-refractivity contribution in [3.05, 3.63) is 35.9 Å². The number of carbonyl (C=O) groups is 3. The largest absolute Gasteiger partial charge is 0.480 e. The van der Waals surface area contributed by atoms with Gasteiger partial charge in [-0.2, -0.15) is 0 Å². The van der Waals surface area contributed by atoms with E-state index in [1.807, 2.05) is 51.1 Å². The summed E-state index contributed by atoms with van der Waals surface area (Å²) in [7, 11) is 0. The molecule has 8 nitrogen and oxygen atoms in total. The van der Waals surface area contributed by atoms with E-state index in [0.717, 1.165) is 5.56 Å². The summed E-state index contributed by atoms with van der Waals surface area (Å²) in [5.41, 5.74) is 5.34. The molecule has 1 saturated heterocycles. The second kappa shape index (κ2) is 10.8. The highest BCUT2D eigenvalue weighted by Crippen LogP contribution is 2.32. The Balaban J connectivity index is 2.06. The number of aliphatic carboxylic acids is 1. The quantitative estimate of drug-likeness (QED) is 0.585. The number of likely N-dealkylation sites (tertiary alicyclic amines) is 1. The van der Waals surface area contributed by atoms with Crippen molar-refractivity contribution in [2.45, 2.75) is 77.0 Å². The van der Waals surface area contributed by atoms with Crippen LogP contribution in [0.5, 0.6) is 0 Å². The molecule has 2 rings (SSSR count). The number of ether oxygens (including phenoxy) is 2. The second-order valence-corrected chi connectivity index (χ2v) is 9.78. The van der Waals surface area contributed by atoms with Gasteiger partial charge in [-0.25, -0.2) is 4.79 Å². The van der Waals surface area contributed by atoms with Gasteiger partial charge in [0.1, 0.15) is 17.2 Å². The predicted molar refractivity (Wildman–Crippen MR) is 120 cm³/mol. The van der Waals surface area contributed by atoms with Crippen LogP contribution in [0.3, 0.4) is 0 Å². The maximum absolute atomic E-state index is 12.8. The lowest BCUT2D eigenvalue weighted by atomic mass is 9.85. The van der Waals surface area contributed by atoms with E-state index < -0.39 is 23.2 Å². The molecule has 0 spiro atoms. The van der Waals surface area contributed by atoms with E-state index in [9.17, 15) is 14.4 Å². The third kappa shape index (κ3) is 8.15. The Kier molecular flexibility index (Phi) is 8.66. The van der Waals surface area contributed by atoms with Crippen LogP contribution in [0, 0.1) is 5.92 Å². The molecule has 1 fully saturated rings. The van der Waals surface area contributed by atoms with Gasteiger partial charge < -0.3 is 25.2 Å². The van der Waals surface area contributed by atoms with Gasteiger partial charge in [-0.05, 0) is 38.7 Å². The summed E-state index contributed by atoms with van der Waals surface area (Å²) in [5.74, 6) is -1.68. The molecule has 178 valence electrons. The summed E-state index contributed by atoms with van der Waals surface area (Å²) in [5, 5.41) is 8.99. The summed E-state index contributed by atoms with van der Waals surface area (Å²) in [6, 6.07) is 8.79. The highest BCUT2D eigenvalue weighted by atomic mass is 16.6. The van der Waals surface area contributed by atoms with E-state index in [-0.39, 0.29) is 30.8 Å². The molecular weight excluding hydrogens is 412 g/mol. The van der Waals surface area contributed by atoms with Crippen LogP contribution < -0.4 is 5.73 Å². The van der Waals surface area contributed by atoms with E-state index >= 15 is 0 Å². The smallest absolute Gasteiger partial charge is 0.410 e. The summed E-state index contributed by atoms with van der Waals surface area (Å²) < 4.78 is 11.5. The van der Waals surface area contributed by atoms with Gasteiger partial charge in [-0.1, -0.05) is 37.3 Å². The average molecular weight is 449 g/mol. The molecule has 1 aliphatic rings. The second-order valence-electron chi connectivity index (χ2n) is 9.78. The SMILES string of the molecule is CC(CC(=O)OC1(Cc2ccccc2)CCN(C(=O)OC(C)(C)C)CC1)C[C@H](N)C(=O)O. The fourth-order valence-electron chi connectivity index (χ4n) is 3.89. The van der Waals surface area contributed by atoms with Gasteiger partial charge in [0.25, 0.3) is 0 Å². The lowest BCUT2D eigenvalue weighted by Gasteiger charge is -2.41. The zero-order valence-electron chi connectivity index (χ0n) is 19.5. The number of piperidine rings is 1. The molecule has 1 unspecified atom stereocenters. The molecule has 0 bridgehead atoms. The molecule has 0 saturated carbocycles. The lowest BCUT2D eigenvalue weighted by molar-refractivity contribution is -0.166. The molecular formula is C24H36N2O6. The number of carboxylic acid groups (broad SMARTS) is 1. The Labute approximate surface area is 190 Å². The molecule has 3 N–H and O–H groups in total. The van der Waals surface area contributed by atoms with Gasteiger partial charge in [0.05, 0.1) is 0 Å². The van der Waals surface area contributed by atoms with Crippen LogP contribution >= 0.6 is 0 Å². The van der Waals surface area contributed by atoms with Crippen LogP contribution in [0.1, 0.15) is 58.9 Å². The number of carboxylic acids is 1. The first-order chi connectivity index (χ1) is 14.9. The first kappa shape index (κ1) is 25.6. The lowest BCUT2D eigenvalue weighted by Crippen LogP contribution is -2.51. The fourth-order valence-corrected chi connectivity index (χ4v) is 3.89. The van der Waals surface area contributed by atoms with Crippen molar-refractivity contribution in [1.82, 2.24) is 4.90 Å². The van der Waals surface area contributed by atoms with Crippen molar-refractivity contribution < 1.29 is 29.0 Å². The summed E-state index contributed by atoms with van der Waals surface area (Å²) in [6.07, 6.45) is 1.46. The van der Waals surface area contributed by atoms with E-state index in [2.05, 4.69) is 0 Å². The Morgan fingerprint density at radius 1 is 1.16 bits per heavy atom. The molecule has 1 amide bonds. The minimum atomic E-state index is -1.08. The highest BCUT2D eigenvalue weighted by Gasteiger charge is 2.40. The predicted octanol–water partition coefficient (Wildman–Crippen LogP) is 3.37. The summed E-state index contributed by atoms with van der Waals surface area (Å²) >= 11 is 0. The van der Waals surface area contributed by atoms with Crippen LogP contribution in [0.25, 0.3) is 0 Å². The number of nitrogens with zero attached hydrogens (tertiary/aromatic N) is 1. The maximum atomic E-state index is 12.8. The Hall–Kier alpha value is -2.61. The molecule has 1 heterocycles. The molecule has 0 radical (unpaired) electrons. The van der Waals surface area contributed by atoms with Gasteiger partial charge in [0.15, 0.2) is 0 Å². The average Bonchev–Trinajstić information content (AvgIpc) is 2.67. The number of hydrogen-bond donors (Lipinski definition) is 2. The number of rotatable bonds is 8. The van der Waals surface area contributed by atoms with Gasteiger partial charge in [0, 0.05) is 38.8 Å². The molecule has 1 aliphatic heterocycles. The van der Waals surface area contributed by atoms with Crippen LogP contribution in [-0.4, -0.2) is 58.4 Å². The van der Waals surface area contributed by atoms with Gasteiger partial charge in [0.2, 0.25) is 0 Å². The summed E-state index contributed by atoms with van der Waals surface area (Å²) in [6.45, 7) is 8.12. The van der Waals surface area contributed by atoms with E-state index in [0.29, 0.717) is 32.4 Å². The van der Waals surface area contributed by atoms with Crippen molar-refractivity contribution in [1.29, 1.82) is 0 Å². The first-order valence-electron chi connectivity index (χ1n) is 11.1. The Morgan fingerprint density at radius 2 is 1.75 bits per heavy atom. The topological polar surface area (TPSA) is 119 Å². The van der Waals surface area contributed by atoms with Crippen LogP contribution in [0.2, 0.25) is 0 Å². The van der Waals surface area contributed by atoms with Crippen molar-refractivity contribution >= 4 is 18.0 Å². The van der Waals surface area contributed by atoms with Crippen LogP contribution in [0.15, 0.2) is 30.3 Å². The van der Waals surface area contributed by atoms with E-state index in [4.69, 9.17) is 20.3 Å². The van der Waals surface area contributed by atoms with E-state index in [1.54, 1.807) is 11.8 Å². The molecule has 8 heteroatoms. The highest BCUT2D eigenvalue weighted by molar-refractivity contribution is 5.73. The number of carbonyl (C=O) groups excluding carboxylic acids is 2. The number of amides is 1. The van der Waals surface area contributed by atoms with Gasteiger partial charge in [-0.15, -0.1) is 0 Å². The van der Waals surface area contributed by atoms with Gasteiger partial charge in [-0.3, -0.25) is 9.59 Å². The zero-order chi connectivity index (χ0) is 23.9. The van der Waals surface area contributed by atoms with Crippen molar-refractivity contribution in [2.75, 3.05) is 13.1 Å². The molecule has 0 aromatic heterocycles. The fraction of sp³-hybridized carbons (Fsp3) is 0.625. The molecule has 1 aromatic carbocycles.